The van der Waals surface area contributed by atoms with Crippen LogP contribution < -0.4 is 16.0 Å². The molecule has 1 aliphatic rings. The summed E-state index contributed by atoms with van der Waals surface area (Å²) in [7, 11) is 0. The molecule has 1 aromatic rings. The first kappa shape index (κ1) is 14.6. The lowest BCUT2D eigenvalue weighted by molar-refractivity contribution is -0.137. The maximum Gasteiger partial charge on any atom is 0.416 e. The van der Waals surface area contributed by atoms with Gasteiger partial charge in [-0.05, 0) is 36.7 Å². The lowest BCUT2D eigenvalue weighted by Crippen LogP contribution is -2.41. The fourth-order valence-electron chi connectivity index (χ4n) is 2.08. The Kier molecular flexibility index (Phi) is 4.17. The first-order chi connectivity index (χ1) is 9.36. The monoisotopic (exact) mass is 287 g/mol. The van der Waals surface area contributed by atoms with Gasteiger partial charge in [0.25, 0.3) is 0 Å². The smallest absolute Gasteiger partial charge is 0.334 e. The number of hydrogen-bond acceptors (Lipinski definition) is 2. The first-order valence-corrected chi connectivity index (χ1v) is 6.32. The molecule has 4 nitrogen and oxygen atoms in total. The second kappa shape index (κ2) is 5.70. The van der Waals surface area contributed by atoms with Crippen molar-refractivity contribution in [3.05, 3.63) is 29.8 Å². The summed E-state index contributed by atoms with van der Waals surface area (Å²) in [5.74, 6) is 0.327. The van der Waals surface area contributed by atoms with E-state index in [1.54, 1.807) is 0 Å². The summed E-state index contributed by atoms with van der Waals surface area (Å²) in [4.78, 5) is 11.7. The van der Waals surface area contributed by atoms with E-state index in [0.717, 1.165) is 18.7 Å². The van der Waals surface area contributed by atoms with Crippen LogP contribution in [-0.4, -0.2) is 25.2 Å². The number of carbonyl (C=O) groups excluding carboxylic acids is 1. The molecule has 7 heteroatoms. The van der Waals surface area contributed by atoms with Crippen LogP contribution in [0.2, 0.25) is 0 Å². The van der Waals surface area contributed by atoms with Crippen molar-refractivity contribution in [1.82, 2.24) is 10.6 Å². The van der Waals surface area contributed by atoms with Gasteiger partial charge >= 0.3 is 12.2 Å². The zero-order valence-corrected chi connectivity index (χ0v) is 10.9. The molecule has 2 atom stereocenters. The van der Waals surface area contributed by atoms with Crippen LogP contribution in [0.3, 0.4) is 0 Å². The van der Waals surface area contributed by atoms with Crippen LogP contribution in [0.4, 0.5) is 23.7 Å². The topological polar surface area (TPSA) is 53.2 Å². The maximum absolute atomic E-state index is 12.4. The predicted octanol–water partition coefficient (Wildman–Crippen LogP) is 2.43. The summed E-state index contributed by atoms with van der Waals surface area (Å²) in [5, 5.41) is 8.46. The molecular formula is C13H16F3N3O. The van der Waals surface area contributed by atoms with Crippen molar-refractivity contribution in [2.24, 2.45) is 5.92 Å². The van der Waals surface area contributed by atoms with Gasteiger partial charge < -0.3 is 16.0 Å². The fraction of sp³-hybridized carbons (Fsp3) is 0.462. The minimum Gasteiger partial charge on any atom is -0.334 e. The second-order valence-electron chi connectivity index (χ2n) is 4.92. The Morgan fingerprint density at radius 1 is 1.25 bits per heavy atom. The summed E-state index contributed by atoms with van der Waals surface area (Å²) in [5.41, 5.74) is -0.411. The third-order valence-corrected chi connectivity index (χ3v) is 3.30. The van der Waals surface area contributed by atoms with Crippen LogP contribution in [0, 0.1) is 5.92 Å². The van der Waals surface area contributed by atoms with E-state index in [9.17, 15) is 18.0 Å². The van der Waals surface area contributed by atoms with E-state index in [0.29, 0.717) is 18.2 Å². The molecule has 20 heavy (non-hydrogen) atoms. The molecule has 2 amide bonds. The number of hydrogen-bond donors (Lipinski definition) is 3. The van der Waals surface area contributed by atoms with Crippen molar-refractivity contribution in [2.75, 3.05) is 18.4 Å². The van der Waals surface area contributed by atoms with Crippen molar-refractivity contribution >= 4 is 11.7 Å². The molecule has 0 radical (unpaired) electrons. The highest BCUT2D eigenvalue weighted by Crippen LogP contribution is 2.29. The molecule has 1 aromatic carbocycles. The van der Waals surface area contributed by atoms with Crippen molar-refractivity contribution < 1.29 is 18.0 Å². The summed E-state index contributed by atoms with van der Waals surface area (Å²) in [6, 6.07) is 3.97. The molecule has 0 aliphatic carbocycles. The normalized spacial score (nSPS) is 22.6. The third kappa shape index (κ3) is 3.63. The highest BCUT2D eigenvalue weighted by atomic mass is 19.4. The van der Waals surface area contributed by atoms with E-state index in [1.165, 1.54) is 12.1 Å². The third-order valence-electron chi connectivity index (χ3n) is 3.30. The zero-order chi connectivity index (χ0) is 14.8. The molecule has 1 fully saturated rings. The van der Waals surface area contributed by atoms with Crippen LogP contribution in [0.15, 0.2) is 24.3 Å². The Bertz CT molecular complexity index is 473. The summed E-state index contributed by atoms with van der Waals surface area (Å²) in [6.07, 6.45) is -4.37. The van der Waals surface area contributed by atoms with Crippen molar-refractivity contribution in [1.29, 1.82) is 0 Å². The van der Waals surface area contributed by atoms with Crippen LogP contribution >= 0.6 is 0 Å². The van der Waals surface area contributed by atoms with Crippen LogP contribution in [-0.2, 0) is 6.18 Å². The number of amides is 2. The molecule has 0 spiro atoms. The minimum absolute atomic E-state index is 0.0319. The number of carbonyl (C=O) groups is 1. The highest BCUT2D eigenvalue weighted by Gasteiger charge is 2.30. The number of anilines is 1. The average molecular weight is 287 g/mol. The number of halogens is 3. The van der Waals surface area contributed by atoms with E-state index in [1.807, 2.05) is 6.92 Å². The summed E-state index contributed by atoms with van der Waals surface area (Å²) < 4.78 is 37.2. The van der Waals surface area contributed by atoms with Gasteiger partial charge in [0.05, 0.1) is 5.56 Å². The van der Waals surface area contributed by atoms with E-state index in [-0.39, 0.29) is 6.04 Å². The largest absolute Gasteiger partial charge is 0.416 e. The number of rotatable bonds is 2. The molecule has 2 rings (SSSR count). The first-order valence-electron chi connectivity index (χ1n) is 6.32. The number of nitrogens with one attached hydrogen (secondary N) is 3. The van der Waals surface area contributed by atoms with E-state index < -0.39 is 17.8 Å². The molecule has 110 valence electrons. The SMILES string of the molecule is CC1CNCC1NC(=O)Nc1ccc(C(F)(F)F)cc1. The van der Waals surface area contributed by atoms with Gasteiger partial charge in [0.2, 0.25) is 0 Å². The molecule has 0 saturated carbocycles. The van der Waals surface area contributed by atoms with E-state index >= 15 is 0 Å². The van der Waals surface area contributed by atoms with Crippen LogP contribution in [0.25, 0.3) is 0 Å². The highest BCUT2D eigenvalue weighted by molar-refractivity contribution is 5.89. The summed E-state index contributed by atoms with van der Waals surface area (Å²) >= 11 is 0. The quantitative estimate of drug-likeness (QED) is 0.782. The van der Waals surface area contributed by atoms with Gasteiger partial charge in [0.15, 0.2) is 0 Å². The Balaban J connectivity index is 1.91. The van der Waals surface area contributed by atoms with Crippen molar-refractivity contribution in [3.8, 4) is 0 Å². The molecule has 2 unspecified atom stereocenters. The number of alkyl halides is 3. The van der Waals surface area contributed by atoms with E-state index in [2.05, 4.69) is 16.0 Å². The zero-order valence-electron chi connectivity index (χ0n) is 10.9. The Labute approximate surface area is 114 Å². The lowest BCUT2D eigenvalue weighted by atomic mass is 10.1. The summed E-state index contributed by atoms with van der Waals surface area (Å²) in [6.45, 7) is 3.55. The number of urea groups is 1. The van der Waals surface area contributed by atoms with Crippen LogP contribution in [0.5, 0.6) is 0 Å². The van der Waals surface area contributed by atoms with Gasteiger partial charge in [0, 0.05) is 18.3 Å². The Morgan fingerprint density at radius 2 is 1.90 bits per heavy atom. The van der Waals surface area contributed by atoms with Crippen LogP contribution in [0.1, 0.15) is 12.5 Å². The van der Waals surface area contributed by atoms with Gasteiger partial charge in [-0.1, -0.05) is 6.92 Å². The van der Waals surface area contributed by atoms with E-state index in [4.69, 9.17) is 0 Å². The minimum atomic E-state index is -4.37. The molecule has 1 aliphatic heterocycles. The number of benzene rings is 1. The standard InChI is InChI=1S/C13H16F3N3O/c1-8-6-17-7-11(8)19-12(20)18-10-4-2-9(3-5-10)13(14,15)16/h2-5,8,11,17H,6-7H2,1H3,(H2,18,19,20). The average Bonchev–Trinajstić information content (AvgIpc) is 2.74. The fourth-order valence-corrected chi connectivity index (χ4v) is 2.08. The van der Waals surface area contributed by atoms with Gasteiger partial charge in [-0.3, -0.25) is 0 Å². The maximum atomic E-state index is 12.4. The molecule has 0 bridgehead atoms. The molecular weight excluding hydrogens is 271 g/mol. The lowest BCUT2D eigenvalue weighted by Gasteiger charge is -2.17. The molecule has 3 N–H and O–H groups in total. The second-order valence-corrected chi connectivity index (χ2v) is 4.92. The van der Waals surface area contributed by atoms with Crippen molar-refractivity contribution in [3.63, 3.8) is 0 Å². The molecule has 1 saturated heterocycles. The van der Waals surface area contributed by atoms with Gasteiger partial charge in [-0.25, -0.2) is 4.79 Å². The predicted molar refractivity (Wildman–Crippen MR) is 69.4 cm³/mol. The van der Waals surface area contributed by atoms with Gasteiger partial charge in [-0.15, -0.1) is 0 Å². The Hall–Kier alpha value is -1.76. The van der Waals surface area contributed by atoms with Crippen molar-refractivity contribution in [2.45, 2.75) is 19.1 Å². The molecule has 0 aromatic heterocycles. The molecule has 1 heterocycles. The Morgan fingerprint density at radius 3 is 2.40 bits per heavy atom. The van der Waals surface area contributed by atoms with Gasteiger partial charge in [0.1, 0.15) is 0 Å². The van der Waals surface area contributed by atoms with Gasteiger partial charge in [-0.2, -0.15) is 13.2 Å².